The van der Waals surface area contributed by atoms with Gasteiger partial charge in [-0.2, -0.15) is 4.98 Å². The quantitative estimate of drug-likeness (QED) is 0.317. The van der Waals surface area contributed by atoms with Crippen molar-refractivity contribution in [2.45, 2.75) is 6.54 Å². The van der Waals surface area contributed by atoms with Crippen LogP contribution in [0.25, 0.3) is 0 Å². The van der Waals surface area contributed by atoms with Crippen LogP contribution < -0.4 is 21.7 Å². The van der Waals surface area contributed by atoms with Gasteiger partial charge in [0.05, 0.1) is 5.56 Å². The minimum atomic E-state index is -0.719. The van der Waals surface area contributed by atoms with Gasteiger partial charge < -0.3 is 21.7 Å². The summed E-state index contributed by atoms with van der Waals surface area (Å²) in [5.41, 5.74) is 7.54. The van der Waals surface area contributed by atoms with E-state index in [1.807, 2.05) is 0 Å². The van der Waals surface area contributed by atoms with Crippen molar-refractivity contribution in [2.24, 2.45) is 5.73 Å². The van der Waals surface area contributed by atoms with E-state index in [2.05, 4.69) is 30.9 Å². The third kappa shape index (κ3) is 5.49. The number of rotatable bonds is 8. The van der Waals surface area contributed by atoms with Crippen LogP contribution in [0.2, 0.25) is 0 Å². The summed E-state index contributed by atoms with van der Waals surface area (Å²) < 4.78 is 13.9. The summed E-state index contributed by atoms with van der Waals surface area (Å²) in [5.74, 6) is -1.03. The molecule has 0 bridgehead atoms. The molecule has 0 saturated heterocycles. The zero-order chi connectivity index (χ0) is 23.9. The number of primary amides is 1. The molecule has 4 aromatic rings. The van der Waals surface area contributed by atoms with Gasteiger partial charge in [-0.1, -0.05) is 24.3 Å². The molecule has 2 aromatic heterocycles. The Morgan fingerprint density at radius 2 is 1.74 bits per heavy atom. The fourth-order valence-electron chi connectivity index (χ4n) is 3.09. The maximum Gasteiger partial charge on any atom is 0.255 e. The Hall–Kier alpha value is -4.86. The van der Waals surface area contributed by atoms with Gasteiger partial charge in [-0.3, -0.25) is 14.6 Å². The van der Waals surface area contributed by atoms with Gasteiger partial charge in [0, 0.05) is 47.6 Å². The number of nitrogens with one attached hydrogen (secondary N) is 3. The zero-order valence-corrected chi connectivity index (χ0v) is 17.8. The Bertz CT molecular complexity index is 1330. The average molecular weight is 457 g/mol. The summed E-state index contributed by atoms with van der Waals surface area (Å²) >= 11 is 0. The number of hydrogen-bond donors (Lipinski definition) is 4. The topological polar surface area (TPSA) is 135 Å². The van der Waals surface area contributed by atoms with Crippen molar-refractivity contribution in [2.75, 3.05) is 16.0 Å². The summed E-state index contributed by atoms with van der Waals surface area (Å²) in [6, 6.07) is 16.5. The first-order valence-corrected chi connectivity index (χ1v) is 10.2. The van der Waals surface area contributed by atoms with Gasteiger partial charge in [-0.15, -0.1) is 0 Å². The predicted molar refractivity (Wildman–Crippen MR) is 126 cm³/mol. The van der Waals surface area contributed by atoms with Crippen LogP contribution in [0.15, 0.2) is 79.3 Å². The minimum Gasteiger partial charge on any atom is -0.365 e. The number of pyridine rings is 1. The lowest BCUT2D eigenvalue weighted by molar-refractivity contribution is 0.0997. The van der Waals surface area contributed by atoms with Crippen LogP contribution in [0.1, 0.15) is 26.3 Å². The van der Waals surface area contributed by atoms with Crippen LogP contribution >= 0.6 is 0 Å². The molecular formula is C24H20FN7O2. The van der Waals surface area contributed by atoms with Gasteiger partial charge in [0.1, 0.15) is 11.6 Å². The Balaban J connectivity index is 1.50. The molecule has 170 valence electrons. The third-order valence-corrected chi connectivity index (χ3v) is 4.78. The van der Waals surface area contributed by atoms with Crippen LogP contribution in [-0.4, -0.2) is 26.8 Å². The molecule has 10 heteroatoms. The lowest BCUT2D eigenvalue weighted by Crippen LogP contribution is -2.17. The van der Waals surface area contributed by atoms with Gasteiger partial charge in [0.15, 0.2) is 0 Å². The van der Waals surface area contributed by atoms with E-state index in [0.29, 0.717) is 22.5 Å². The maximum atomic E-state index is 13.9. The van der Waals surface area contributed by atoms with E-state index in [0.717, 1.165) is 0 Å². The highest BCUT2D eigenvalue weighted by atomic mass is 19.1. The summed E-state index contributed by atoms with van der Waals surface area (Å²) in [5, 5.41) is 8.77. The number of aromatic nitrogens is 3. The molecule has 0 saturated carbocycles. The number of benzene rings is 2. The third-order valence-electron chi connectivity index (χ3n) is 4.78. The smallest absolute Gasteiger partial charge is 0.255 e. The largest absolute Gasteiger partial charge is 0.365 e. The highest BCUT2D eigenvalue weighted by Gasteiger charge is 2.13. The Labute approximate surface area is 194 Å². The normalized spacial score (nSPS) is 10.4. The monoisotopic (exact) mass is 457 g/mol. The van der Waals surface area contributed by atoms with Crippen molar-refractivity contribution < 1.29 is 14.0 Å². The molecule has 5 N–H and O–H groups in total. The number of carbonyl (C=O) groups excluding carboxylic acids is 2. The summed E-state index contributed by atoms with van der Waals surface area (Å²) in [6.07, 6.45) is 4.37. The maximum absolute atomic E-state index is 13.9. The Kier molecular flexibility index (Phi) is 6.68. The number of hydrogen-bond acceptors (Lipinski definition) is 7. The number of carbonyl (C=O) groups is 2. The molecule has 0 aliphatic rings. The van der Waals surface area contributed by atoms with Crippen LogP contribution in [0, 0.1) is 5.82 Å². The first-order valence-electron chi connectivity index (χ1n) is 10.2. The second-order valence-electron chi connectivity index (χ2n) is 7.16. The number of halogens is 1. The van der Waals surface area contributed by atoms with E-state index in [4.69, 9.17) is 5.73 Å². The number of amides is 2. The Morgan fingerprint density at radius 3 is 2.50 bits per heavy atom. The predicted octanol–water partition coefficient (Wildman–Crippen LogP) is 3.72. The molecule has 2 aromatic carbocycles. The molecule has 0 atom stereocenters. The number of anilines is 4. The lowest BCUT2D eigenvalue weighted by atomic mass is 10.2. The van der Waals surface area contributed by atoms with Crippen molar-refractivity contribution in [3.8, 4) is 0 Å². The minimum absolute atomic E-state index is 0.0697. The van der Waals surface area contributed by atoms with Gasteiger partial charge in [-0.05, 0) is 36.4 Å². The molecule has 0 spiro atoms. The second kappa shape index (κ2) is 10.2. The molecule has 0 fully saturated rings. The van der Waals surface area contributed by atoms with Crippen LogP contribution in [0.5, 0.6) is 0 Å². The van der Waals surface area contributed by atoms with Crippen molar-refractivity contribution in [1.82, 2.24) is 15.0 Å². The fourth-order valence-corrected chi connectivity index (χ4v) is 3.09. The summed E-state index contributed by atoms with van der Waals surface area (Å²) in [7, 11) is 0. The molecule has 4 rings (SSSR count). The van der Waals surface area contributed by atoms with Crippen LogP contribution in [-0.2, 0) is 6.54 Å². The lowest BCUT2D eigenvalue weighted by Gasteiger charge is -2.12. The first-order chi connectivity index (χ1) is 16.5. The first kappa shape index (κ1) is 22.3. The van der Waals surface area contributed by atoms with Crippen molar-refractivity contribution in [3.05, 3.63) is 102 Å². The Morgan fingerprint density at radius 1 is 0.971 bits per heavy atom. The standard InChI is InChI=1S/C24H20FN7O2/c25-20-7-2-1-4-16(20)13-28-22-19(21(26)33)14-29-24(32-22)31-18-6-3-5-17(12-18)30-23(34)15-8-10-27-11-9-15/h1-12,14H,13H2,(H2,26,33)(H,30,34)(H2,28,29,31,32). The van der Waals surface area contributed by atoms with E-state index in [1.54, 1.807) is 54.6 Å². The summed E-state index contributed by atoms with van der Waals surface area (Å²) in [4.78, 5) is 36.5. The molecule has 0 aliphatic carbocycles. The van der Waals surface area contributed by atoms with Gasteiger partial charge in [0.25, 0.3) is 11.8 Å². The SMILES string of the molecule is NC(=O)c1cnc(Nc2cccc(NC(=O)c3ccncc3)c2)nc1NCc1ccccc1F. The van der Waals surface area contributed by atoms with Gasteiger partial charge in [-0.25, -0.2) is 9.37 Å². The van der Waals surface area contributed by atoms with Crippen molar-refractivity contribution in [1.29, 1.82) is 0 Å². The molecule has 0 radical (unpaired) electrons. The molecular weight excluding hydrogens is 437 g/mol. The van der Waals surface area contributed by atoms with Gasteiger partial charge in [0.2, 0.25) is 5.95 Å². The van der Waals surface area contributed by atoms with Gasteiger partial charge >= 0.3 is 0 Å². The van der Waals surface area contributed by atoms with E-state index < -0.39 is 5.91 Å². The van der Waals surface area contributed by atoms with Crippen LogP contribution in [0.3, 0.4) is 0 Å². The highest BCUT2D eigenvalue weighted by Crippen LogP contribution is 2.21. The second-order valence-corrected chi connectivity index (χ2v) is 7.16. The average Bonchev–Trinajstić information content (AvgIpc) is 2.84. The molecule has 2 heterocycles. The van der Waals surface area contributed by atoms with E-state index in [-0.39, 0.29) is 35.6 Å². The number of nitrogens with zero attached hydrogens (tertiary/aromatic N) is 3. The fraction of sp³-hybridized carbons (Fsp3) is 0.0417. The van der Waals surface area contributed by atoms with E-state index >= 15 is 0 Å². The van der Waals surface area contributed by atoms with Crippen molar-refractivity contribution in [3.63, 3.8) is 0 Å². The van der Waals surface area contributed by atoms with Crippen molar-refractivity contribution >= 4 is 35.0 Å². The van der Waals surface area contributed by atoms with Crippen LogP contribution in [0.4, 0.5) is 27.5 Å². The molecule has 0 unspecified atom stereocenters. The molecule has 9 nitrogen and oxygen atoms in total. The molecule has 34 heavy (non-hydrogen) atoms. The zero-order valence-electron chi connectivity index (χ0n) is 17.8. The van der Waals surface area contributed by atoms with E-state index in [9.17, 15) is 14.0 Å². The number of nitrogens with two attached hydrogens (primary N) is 1. The summed E-state index contributed by atoms with van der Waals surface area (Å²) in [6.45, 7) is 0.0972. The molecule has 2 amide bonds. The highest BCUT2D eigenvalue weighted by molar-refractivity contribution is 6.04. The van der Waals surface area contributed by atoms with E-state index in [1.165, 1.54) is 24.7 Å². The molecule has 0 aliphatic heterocycles.